The Hall–Kier alpha value is -2.64. The third-order valence-corrected chi connectivity index (χ3v) is 5.64. The van der Waals surface area contributed by atoms with Crippen molar-refractivity contribution in [1.29, 1.82) is 0 Å². The summed E-state index contributed by atoms with van der Waals surface area (Å²) in [6.45, 7) is 1.39. The maximum absolute atomic E-state index is 12.6. The number of piperidine rings is 1. The van der Waals surface area contributed by atoms with Gasteiger partial charge in [0, 0.05) is 48.6 Å². The molecular weight excluding hydrogens is 376 g/mol. The molecule has 7 nitrogen and oxygen atoms in total. The van der Waals surface area contributed by atoms with Crippen LogP contribution < -0.4 is 5.73 Å². The van der Waals surface area contributed by atoms with Gasteiger partial charge in [0.25, 0.3) is 0 Å². The van der Waals surface area contributed by atoms with E-state index in [4.69, 9.17) is 17.3 Å². The van der Waals surface area contributed by atoms with Gasteiger partial charge in [-0.25, -0.2) is 4.98 Å². The molecule has 4 N–H and O–H groups in total. The van der Waals surface area contributed by atoms with Crippen LogP contribution in [-0.4, -0.2) is 50.1 Å². The average molecular weight is 399 g/mol. The van der Waals surface area contributed by atoms with E-state index in [1.807, 2.05) is 29.2 Å². The normalized spacial score (nSPS) is 16.3. The monoisotopic (exact) mass is 398 g/mol. The number of nitrogens with one attached hydrogen (secondary N) is 2. The van der Waals surface area contributed by atoms with Crippen molar-refractivity contribution < 1.29 is 4.79 Å². The van der Waals surface area contributed by atoms with E-state index < -0.39 is 6.04 Å². The molecule has 3 aromatic rings. The van der Waals surface area contributed by atoms with Crippen LogP contribution in [0.25, 0.3) is 11.3 Å². The number of hydrogen-bond acceptors (Lipinski definition) is 4. The lowest BCUT2D eigenvalue weighted by Crippen LogP contribution is -2.47. The van der Waals surface area contributed by atoms with Crippen LogP contribution in [0.1, 0.15) is 30.1 Å². The molecule has 28 heavy (non-hydrogen) atoms. The van der Waals surface area contributed by atoms with Crippen LogP contribution >= 0.6 is 11.6 Å². The van der Waals surface area contributed by atoms with Crippen molar-refractivity contribution in [3.8, 4) is 11.3 Å². The molecule has 4 rings (SSSR count). The molecule has 2 aromatic heterocycles. The molecule has 0 aliphatic carbocycles. The summed E-state index contributed by atoms with van der Waals surface area (Å²) in [6.07, 6.45) is 5.54. The maximum atomic E-state index is 12.6. The van der Waals surface area contributed by atoms with Crippen molar-refractivity contribution in [2.45, 2.75) is 31.2 Å². The number of nitrogens with two attached hydrogens (primary N) is 1. The summed E-state index contributed by atoms with van der Waals surface area (Å²) < 4.78 is 0. The average Bonchev–Trinajstić information content (AvgIpc) is 3.40. The number of amides is 1. The predicted molar refractivity (Wildman–Crippen MR) is 108 cm³/mol. The molecule has 146 valence electrons. The van der Waals surface area contributed by atoms with Crippen molar-refractivity contribution in [3.05, 3.63) is 59.3 Å². The van der Waals surface area contributed by atoms with Crippen LogP contribution in [-0.2, 0) is 11.2 Å². The number of likely N-dealkylation sites (tertiary alicyclic amines) is 1. The quantitative estimate of drug-likeness (QED) is 0.614. The van der Waals surface area contributed by atoms with Crippen LogP contribution in [0, 0.1) is 0 Å². The highest BCUT2D eigenvalue weighted by molar-refractivity contribution is 6.33. The molecule has 1 aliphatic heterocycles. The van der Waals surface area contributed by atoms with Gasteiger partial charge >= 0.3 is 0 Å². The highest BCUT2D eigenvalue weighted by Crippen LogP contribution is 2.31. The van der Waals surface area contributed by atoms with Crippen LogP contribution in [0.3, 0.4) is 0 Å². The van der Waals surface area contributed by atoms with Crippen LogP contribution in [0.4, 0.5) is 0 Å². The highest BCUT2D eigenvalue weighted by atomic mass is 35.5. The first kappa shape index (κ1) is 18.7. The van der Waals surface area contributed by atoms with Crippen molar-refractivity contribution in [3.63, 3.8) is 0 Å². The van der Waals surface area contributed by atoms with E-state index >= 15 is 0 Å². The topological polar surface area (TPSA) is 104 Å². The predicted octanol–water partition coefficient (Wildman–Crippen LogP) is 2.73. The molecular formula is C20H23ClN6O. The van der Waals surface area contributed by atoms with E-state index in [0.717, 1.165) is 35.5 Å². The number of hydrogen-bond donors (Lipinski definition) is 3. The van der Waals surface area contributed by atoms with Gasteiger partial charge in [-0.05, 0) is 25.0 Å². The second kappa shape index (κ2) is 8.16. The Labute approximate surface area is 168 Å². The second-order valence-corrected chi connectivity index (χ2v) is 7.58. The smallest absolute Gasteiger partial charge is 0.239 e. The van der Waals surface area contributed by atoms with Crippen LogP contribution in [0.5, 0.6) is 0 Å². The number of benzene rings is 1. The van der Waals surface area contributed by atoms with Crippen molar-refractivity contribution >= 4 is 17.5 Å². The number of carbonyl (C=O) groups is 1. The van der Waals surface area contributed by atoms with Crippen LogP contribution in [0.2, 0.25) is 5.02 Å². The highest BCUT2D eigenvalue weighted by Gasteiger charge is 2.28. The number of nitrogens with zero attached hydrogens (tertiary/aromatic N) is 3. The summed E-state index contributed by atoms with van der Waals surface area (Å²) in [5.74, 6) is 0.339. The maximum Gasteiger partial charge on any atom is 0.239 e. The van der Waals surface area contributed by atoms with E-state index in [1.165, 1.54) is 0 Å². The fourth-order valence-electron chi connectivity index (χ4n) is 3.72. The zero-order chi connectivity index (χ0) is 19.5. The van der Waals surface area contributed by atoms with Gasteiger partial charge in [0.2, 0.25) is 5.91 Å². The Morgan fingerprint density at radius 2 is 2.11 bits per heavy atom. The second-order valence-electron chi connectivity index (χ2n) is 7.18. The number of H-pyrrole nitrogens is 2. The molecule has 1 atom stereocenters. The first-order valence-corrected chi connectivity index (χ1v) is 9.81. The Kier molecular flexibility index (Phi) is 5.45. The van der Waals surface area contributed by atoms with Gasteiger partial charge in [-0.2, -0.15) is 5.10 Å². The van der Waals surface area contributed by atoms with E-state index in [-0.39, 0.29) is 5.91 Å². The molecule has 1 aromatic carbocycles. The van der Waals surface area contributed by atoms with Gasteiger partial charge in [-0.3, -0.25) is 9.89 Å². The number of aromatic nitrogens is 4. The third kappa shape index (κ3) is 3.95. The SMILES string of the molecule is N[C@@H](Cc1cnc[nH]1)C(=O)N1CCC(c2cc(-c3ccccc3Cl)n[nH]2)CC1. The first-order valence-electron chi connectivity index (χ1n) is 9.43. The van der Waals surface area contributed by atoms with Gasteiger partial charge in [-0.15, -0.1) is 0 Å². The summed E-state index contributed by atoms with van der Waals surface area (Å²) in [4.78, 5) is 21.4. The van der Waals surface area contributed by atoms with Crippen molar-refractivity contribution in [2.75, 3.05) is 13.1 Å². The zero-order valence-electron chi connectivity index (χ0n) is 15.4. The van der Waals surface area contributed by atoms with E-state index in [1.54, 1.807) is 12.5 Å². The zero-order valence-corrected chi connectivity index (χ0v) is 16.2. The Bertz CT molecular complexity index is 930. The largest absolute Gasteiger partial charge is 0.348 e. The molecule has 3 heterocycles. The fraction of sp³-hybridized carbons (Fsp3) is 0.350. The van der Waals surface area contributed by atoms with Crippen LogP contribution in [0.15, 0.2) is 42.9 Å². The minimum Gasteiger partial charge on any atom is -0.348 e. The summed E-state index contributed by atoms with van der Waals surface area (Å²) in [6, 6.07) is 9.20. The molecule has 1 saturated heterocycles. The number of aromatic amines is 2. The number of carbonyl (C=O) groups excluding carboxylic acids is 1. The molecule has 0 spiro atoms. The lowest BCUT2D eigenvalue weighted by atomic mass is 9.92. The number of halogens is 1. The minimum absolute atomic E-state index is 0.00517. The van der Waals surface area contributed by atoms with Gasteiger partial charge in [0.05, 0.1) is 23.1 Å². The minimum atomic E-state index is -0.545. The summed E-state index contributed by atoms with van der Waals surface area (Å²) >= 11 is 6.27. The van der Waals surface area contributed by atoms with Crippen molar-refractivity contribution in [1.82, 2.24) is 25.1 Å². The molecule has 0 saturated carbocycles. The number of rotatable bonds is 5. The van der Waals surface area contributed by atoms with Gasteiger partial charge in [0.1, 0.15) is 0 Å². The van der Waals surface area contributed by atoms with Gasteiger partial charge in [0.15, 0.2) is 0 Å². The molecule has 1 amide bonds. The lowest BCUT2D eigenvalue weighted by molar-refractivity contribution is -0.133. The fourth-order valence-corrected chi connectivity index (χ4v) is 3.95. The van der Waals surface area contributed by atoms with E-state index in [2.05, 4.69) is 26.2 Å². The van der Waals surface area contributed by atoms with Gasteiger partial charge < -0.3 is 15.6 Å². The lowest BCUT2D eigenvalue weighted by Gasteiger charge is -2.33. The molecule has 0 radical (unpaired) electrons. The molecule has 8 heteroatoms. The standard InChI is InChI=1S/C20H23ClN6O/c21-16-4-2-1-3-15(16)19-10-18(25-26-19)13-5-7-27(8-6-13)20(28)17(22)9-14-11-23-12-24-14/h1-4,10-13,17H,5-9,22H2,(H,23,24)(H,25,26)/t17-/m0/s1. The Morgan fingerprint density at radius 3 is 2.82 bits per heavy atom. The van der Waals surface area contributed by atoms with E-state index in [0.29, 0.717) is 30.5 Å². The molecule has 1 aliphatic rings. The number of imidazole rings is 1. The molecule has 1 fully saturated rings. The van der Waals surface area contributed by atoms with E-state index in [9.17, 15) is 4.79 Å². The van der Waals surface area contributed by atoms with Gasteiger partial charge in [-0.1, -0.05) is 29.8 Å². The molecule has 0 bridgehead atoms. The Morgan fingerprint density at radius 1 is 1.32 bits per heavy atom. The summed E-state index contributed by atoms with van der Waals surface area (Å²) in [5.41, 5.74) is 9.83. The summed E-state index contributed by atoms with van der Waals surface area (Å²) in [5, 5.41) is 8.26. The molecule has 0 unspecified atom stereocenters. The Balaban J connectivity index is 1.35. The summed E-state index contributed by atoms with van der Waals surface area (Å²) in [7, 11) is 0. The third-order valence-electron chi connectivity index (χ3n) is 5.31. The van der Waals surface area contributed by atoms with Crippen molar-refractivity contribution in [2.24, 2.45) is 5.73 Å². The first-order chi connectivity index (χ1) is 13.6.